The Morgan fingerprint density at radius 1 is 0.947 bits per heavy atom. The first-order valence-corrected chi connectivity index (χ1v) is 11.8. The number of carbonyl (C=O) groups excluding carboxylic acids is 2. The fourth-order valence-electron chi connectivity index (χ4n) is 4.33. The molecule has 4 rings (SSSR count). The van der Waals surface area contributed by atoms with Gasteiger partial charge in [0, 0.05) is 12.8 Å². The highest BCUT2D eigenvalue weighted by Gasteiger charge is 2.37. The molecular formula is C28H25F3N2O5. The van der Waals surface area contributed by atoms with E-state index in [0.717, 1.165) is 28.8 Å². The lowest BCUT2D eigenvalue weighted by molar-refractivity contribution is -0.142. The van der Waals surface area contributed by atoms with Crippen LogP contribution in [0.3, 0.4) is 0 Å². The molecule has 3 aromatic rings. The number of nitrogens with zero attached hydrogens (tertiary/aromatic N) is 1. The first-order valence-electron chi connectivity index (χ1n) is 11.8. The fraction of sp³-hybridized carbons (Fsp3) is 0.250. The molecule has 0 fully saturated rings. The van der Waals surface area contributed by atoms with Gasteiger partial charge in [-0.1, -0.05) is 72.8 Å². The van der Waals surface area contributed by atoms with Crippen LogP contribution in [0.4, 0.5) is 18.0 Å². The molecule has 0 aliphatic carbocycles. The lowest BCUT2D eigenvalue weighted by atomic mass is 9.93. The van der Waals surface area contributed by atoms with E-state index in [-0.39, 0.29) is 31.6 Å². The van der Waals surface area contributed by atoms with E-state index in [1.165, 1.54) is 17.0 Å². The molecule has 198 valence electrons. The van der Waals surface area contributed by atoms with E-state index in [1.54, 1.807) is 30.3 Å². The van der Waals surface area contributed by atoms with Crippen molar-refractivity contribution in [3.05, 3.63) is 107 Å². The van der Waals surface area contributed by atoms with Crippen molar-refractivity contribution < 1.29 is 37.4 Å². The molecule has 2 amide bonds. The van der Waals surface area contributed by atoms with Crippen LogP contribution in [-0.4, -0.2) is 40.1 Å². The van der Waals surface area contributed by atoms with E-state index < -0.39 is 41.8 Å². The molecule has 0 bridgehead atoms. The summed E-state index contributed by atoms with van der Waals surface area (Å²) in [4.78, 5) is 39.5. The van der Waals surface area contributed by atoms with Crippen molar-refractivity contribution in [1.82, 2.24) is 10.2 Å². The van der Waals surface area contributed by atoms with Crippen molar-refractivity contribution in [3.8, 4) is 0 Å². The van der Waals surface area contributed by atoms with Gasteiger partial charge in [-0.3, -0.25) is 9.69 Å². The SMILES string of the molecule is O=C(O)[C@@H](Cc1cccc(C(F)(F)F)c1)NC(=O)[C@@H]1Cc2ccccc2CN1C(=O)OCc1ccccc1. The number of carboxylic acid groups (broad SMARTS) is 1. The van der Waals surface area contributed by atoms with E-state index in [2.05, 4.69) is 5.32 Å². The third-order valence-corrected chi connectivity index (χ3v) is 6.30. The van der Waals surface area contributed by atoms with Crippen LogP contribution >= 0.6 is 0 Å². The number of carbonyl (C=O) groups is 3. The maximum absolute atomic E-state index is 13.3. The number of amides is 2. The van der Waals surface area contributed by atoms with Gasteiger partial charge in [0.2, 0.25) is 5.91 Å². The van der Waals surface area contributed by atoms with Gasteiger partial charge in [0.1, 0.15) is 18.7 Å². The Balaban J connectivity index is 1.52. The second kappa shape index (κ2) is 11.4. The van der Waals surface area contributed by atoms with Crippen LogP contribution in [0.15, 0.2) is 78.9 Å². The molecule has 0 spiro atoms. The zero-order valence-corrected chi connectivity index (χ0v) is 20.1. The topological polar surface area (TPSA) is 95.9 Å². The van der Waals surface area contributed by atoms with Gasteiger partial charge < -0.3 is 15.2 Å². The van der Waals surface area contributed by atoms with Crippen LogP contribution in [0.5, 0.6) is 0 Å². The Hall–Kier alpha value is -4.34. The number of alkyl halides is 3. The van der Waals surface area contributed by atoms with Gasteiger partial charge in [-0.05, 0) is 28.3 Å². The summed E-state index contributed by atoms with van der Waals surface area (Å²) in [5, 5.41) is 12.1. The minimum Gasteiger partial charge on any atom is -0.480 e. The number of fused-ring (bicyclic) bond motifs is 1. The number of aliphatic carboxylic acids is 1. The normalized spacial score (nSPS) is 15.8. The zero-order valence-electron chi connectivity index (χ0n) is 20.1. The summed E-state index contributed by atoms with van der Waals surface area (Å²) in [6, 6.07) is 17.9. The van der Waals surface area contributed by atoms with Crippen LogP contribution in [0, 0.1) is 0 Å². The molecule has 0 saturated carbocycles. The van der Waals surface area contributed by atoms with Crippen LogP contribution in [0.2, 0.25) is 0 Å². The Morgan fingerprint density at radius 3 is 2.29 bits per heavy atom. The second-order valence-electron chi connectivity index (χ2n) is 8.96. The number of halogens is 3. The molecular weight excluding hydrogens is 501 g/mol. The summed E-state index contributed by atoms with van der Waals surface area (Å²) < 4.78 is 44.7. The highest BCUT2D eigenvalue weighted by Crippen LogP contribution is 2.30. The van der Waals surface area contributed by atoms with Crippen LogP contribution < -0.4 is 5.32 Å². The molecule has 7 nitrogen and oxygen atoms in total. The van der Waals surface area contributed by atoms with Crippen molar-refractivity contribution in [1.29, 1.82) is 0 Å². The average Bonchev–Trinajstić information content (AvgIpc) is 2.90. The number of ether oxygens (including phenoxy) is 1. The predicted octanol–water partition coefficient (Wildman–Crippen LogP) is 4.58. The number of nitrogens with one attached hydrogen (secondary N) is 1. The lowest BCUT2D eigenvalue weighted by Gasteiger charge is -2.35. The Kier molecular flexibility index (Phi) is 7.99. The average molecular weight is 527 g/mol. The third kappa shape index (κ3) is 6.50. The summed E-state index contributed by atoms with van der Waals surface area (Å²) in [5.74, 6) is -2.15. The second-order valence-corrected chi connectivity index (χ2v) is 8.96. The molecule has 10 heteroatoms. The molecule has 0 aromatic heterocycles. The van der Waals surface area contributed by atoms with E-state index in [4.69, 9.17) is 4.74 Å². The van der Waals surface area contributed by atoms with E-state index in [1.807, 2.05) is 24.3 Å². The molecule has 2 atom stereocenters. The maximum atomic E-state index is 13.3. The molecule has 0 unspecified atom stereocenters. The fourth-order valence-corrected chi connectivity index (χ4v) is 4.33. The first kappa shape index (κ1) is 26.7. The van der Waals surface area contributed by atoms with E-state index >= 15 is 0 Å². The molecule has 38 heavy (non-hydrogen) atoms. The van der Waals surface area contributed by atoms with Gasteiger partial charge in [0.15, 0.2) is 0 Å². The van der Waals surface area contributed by atoms with Crippen LogP contribution in [-0.2, 0) is 46.5 Å². The first-order chi connectivity index (χ1) is 18.1. The van der Waals surface area contributed by atoms with Crippen LogP contribution in [0.1, 0.15) is 27.8 Å². The van der Waals surface area contributed by atoms with Crippen molar-refractivity contribution >= 4 is 18.0 Å². The van der Waals surface area contributed by atoms with Crippen molar-refractivity contribution in [2.75, 3.05) is 0 Å². The molecule has 2 N–H and O–H groups in total. The summed E-state index contributed by atoms with van der Waals surface area (Å²) in [6.45, 7) is 0.0622. The lowest BCUT2D eigenvalue weighted by Crippen LogP contribution is -2.56. The van der Waals surface area contributed by atoms with Crippen molar-refractivity contribution in [2.24, 2.45) is 0 Å². The molecule has 0 saturated heterocycles. The Bertz CT molecular complexity index is 1310. The summed E-state index contributed by atoms with van der Waals surface area (Å²) in [7, 11) is 0. The van der Waals surface area contributed by atoms with Gasteiger partial charge >= 0.3 is 18.2 Å². The van der Waals surface area contributed by atoms with Crippen molar-refractivity contribution in [2.45, 2.75) is 44.3 Å². The standard InChI is InChI=1S/C28H25F3N2O5/c29-28(30,31)22-12-6-9-19(13-22)14-23(26(35)36)32-25(34)24-15-20-10-4-5-11-21(20)16-33(24)27(37)38-17-18-7-2-1-3-8-18/h1-13,23-24H,14-17H2,(H,32,34)(H,35,36)/t23-,24+/m1/s1. The smallest absolute Gasteiger partial charge is 0.416 e. The van der Waals surface area contributed by atoms with Crippen LogP contribution in [0.25, 0.3) is 0 Å². The number of benzene rings is 3. The van der Waals surface area contributed by atoms with Gasteiger partial charge in [0.25, 0.3) is 0 Å². The molecule has 3 aromatic carbocycles. The summed E-state index contributed by atoms with van der Waals surface area (Å²) in [5.41, 5.74) is 1.59. The summed E-state index contributed by atoms with van der Waals surface area (Å²) >= 11 is 0. The third-order valence-electron chi connectivity index (χ3n) is 6.30. The van der Waals surface area contributed by atoms with Gasteiger partial charge in [-0.25, -0.2) is 9.59 Å². The number of hydrogen-bond donors (Lipinski definition) is 2. The molecule has 1 aliphatic rings. The number of carboxylic acids is 1. The molecule has 0 radical (unpaired) electrons. The molecule has 1 aliphatic heterocycles. The van der Waals surface area contributed by atoms with Gasteiger partial charge in [-0.2, -0.15) is 13.2 Å². The number of rotatable bonds is 7. The monoisotopic (exact) mass is 526 g/mol. The highest BCUT2D eigenvalue weighted by molar-refractivity contribution is 5.90. The zero-order chi connectivity index (χ0) is 27.3. The minimum atomic E-state index is -4.59. The highest BCUT2D eigenvalue weighted by atomic mass is 19.4. The Morgan fingerprint density at radius 2 is 1.61 bits per heavy atom. The van der Waals surface area contributed by atoms with Crippen molar-refractivity contribution in [3.63, 3.8) is 0 Å². The largest absolute Gasteiger partial charge is 0.480 e. The maximum Gasteiger partial charge on any atom is 0.416 e. The molecule has 1 heterocycles. The quantitative estimate of drug-likeness (QED) is 0.470. The summed E-state index contributed by atoms with van der Waals surface area (Å²) in [6.07, 6.45) is -5.58. The van der Waals surface area contributed by atoms with Gasteiger partial charge in [0.05, 0.1) is 12.1 Å². The number of hydrogen-bond acceptors (Lipinski definition) is 4. The Labute approximate surface area is 216 Å². The van der Waals surface area contributed by atoms with Gasteiger partial charge in [-0.15, -0.1) is 0 Å². The predicted molar refractivity (Wildman–Crippen MR) is 131 cm³/mol. The minimum absolute atomic E-state index is 0.0144. The van der Waals surface area contributed by atoms with E-state index in [0.29, 0.717) is 0 Å². The van der Waals surface area contributed by atoms with E-state index in [9.17, 15) is 32.7 Å².